The van der Waals surface area contributed by atoms with Crippen molar-refractivity contribution in [3.05, 3.63) is 27.1 Å². The number of carboxylic acid groups (broad SMARTS) is 1. The number of phenolic OH excluding ortho intramolecular Hbond substituents is 1. The number of thioether (sulfide) groups is 1. The van der Waals surface area contributed by atoms with Crippen LogP contribution in [0.1, 0.15) is 31.2 Å². The van der Waals surface area contributed by atoms with E-state index in [-0.39, 0.29) is 18.1 Å². The van der Waals surface area contributed by atoms with Crippen LogP contribution in [-0.2, 0) is 9.59 Å². The summed E-state index contributed by atoms with van der Waals surface area (Å²) in [4.78, 5) is 25.0. The highest BCUT2D eigenvalue weighted by Gasteiger charge is 2.31. The third-order valence-corrected chi connectivity index (χ3v) is 5.69. The van der Waals surface area contributed by atoms with Gasteiger partial charge in [-0.1, -0.05) is 30.4 Å². The van der Waals surface area contributed by atoms with Crippen LogP contribution in [0.5, 0.6) is 11.5 Å². The van der Waals surface area contributed by atoms with Crippen LogP contribution < -0.4 is 9.84 Å². The molecule has 0 unspecified atom stereocenters. The molecule has 0 atom stereocenters. The van der Waals surface area contributed by atoms with E-state index in [9.17, 15) is 19.8 Å². The number of hydrogen-bond donors (Lipinski definition) is 1. The van der Waals surface area contributed by atoms with Crippen LogP contribution in [0.25, 0.3) is 6.08 Å². The first-order chi connectivity index (χ1) is 12.3. The molecule has 1 amide bonds. The second-order valence-electron chi connectivity index (χ2n) is 5.57. The number of carbonyl (C=O) groups is 2. The lowest BCUT2D eigenvalue weighted by molar-refractivity contribution is -0.305. The van der Waals surface area contributed by atoms with Crippen LogP contribution in [0.3, 0.4) is 0 Å². The number of carboxylic acids is 1. The van der Waals surface area contributed by atoms with Crippen LogP contribution in [-0.4, -0.2) is 39.9 Å². The smallest absolute Gasteiger partial charge is 0.266 e. The van der Waals surface area contributed by atoms with E-state index < -0.39 is 5.97 Å². The molecular formula is C17H17BrNO5S2-. The number of hydrogen-bond acceptors (Lipinski definition) is 7. The summed E-state index contributed by atoms with van der Waals surface area (Å²) in [6, 6.07) is 3.32. The minimum atomic E-state index is -1.06. The van der Waals surface area contributed by atoms with Gasteiger partial charge in [0.15, 0.2) is 11.5 Å². The number of carbonyl (C=O) groups excluding carboxylic acids is 2. The van der Waals surface area contributed by atoms with Crippen LogP contribution in [0.4, 0.5) is 0 Å². The first-order valence-electron chi connectivity index (χ1n) is 7.85. The van der Waals surface area contributed by atoms with Crippen LogP contribution >= 0.6 is 39.9 Å². The van der Waals surface area contributed by atoms with Crippen molar-refractivity contribution in [2.75, 3.05) is 13.7 Å². The monoisotopic (exact) mass is 458 g/mol. The minimum Gasteiger partial charge on any atom is -0.550 e. The Hall–Kier alpha value is -1.58. The lowest BCUT2D eigenvalue weighted by Crippen LogP contribution is -2.29. The van der Waals surface area contributed by atoms with Crippen LogP contribution in [0.15, 0.2) is 21.5 Å². The predicted octanol–water partition coefficient (Wildman–Crippen LogP) is 2.67. The van der Waals surface area contributed by atoms with Crippen molar-refractivity contribution in [1.29, 1.82) is 0 Å². The van der Waals surface area contributed by atoms with Gasteiger partial charge in [-0.2, -0.15) is 0 Å². The Labute approximate surface area is 169 Å². The molecule has 1 saturated heterocycles. The molecule has 0 spiro atoms. The summed E-state index contributed by atoms with van der Waals surface area (Å²) in [5, 5.41) is 20.3. The number of unbranched alkanes of at least 4 members (excludes halogenated alkanes) is 2. The average molecular weight is 459 g/mol. The van der Waals surface area contributed by atoms with Crippen molar-refractivity contribution < 1.29 is 24.5 Å². The highest BCUT2D eigenvalue weighted by Crippen LogP contribution is 2.38. The molecule has 1 N–H and O–H groups in total. The highest BCUT2D eigenvalue weighted by molar-refractivity contribution is 9.10. The number of aliphatic carboxylic acids is 1. The van der Waals surface area contributed by atoms with Gasteiger partial charge in [0.2, 0.25) is 0 Å². The summed E-state index contributed by atoms with van der Waals surface area (Å²) in [5.41, 5.74) is 0.695. The van der Waals surface area contributed by atoms with E-state index >= 15 is 0 Å². The lowest BCUT2D eigenvalue weighted by atomic mass is 10.1. The summed E-state index contributed by atoms with van der Waals surface area (Å²) >= 11 is 9.74. The molecule has 0 radical (unpaired) electrons. The Morgan fingerprint density at radius 1 is 1.42 bits per heavy atom. The number of methoxy groups -OCH3 is 1. The van der Waals surface area contributed by atoms with Gasteiger partial charge in [0.1, 0.15) is 4.32 Å². The Bertz CT molecular complexity index is 766. The van der Waals surface area contributed by atoms with Gasteiger partial charge < -0.3 is 19.7 Å². The Balaban J connectivity index is 2.05. The zero-order valence-corrected chi connectivity index (χ0v) is 17.2. The van der Waals surface area contributed by atoms with Crippen molar-refractivity contribution in [3.8, 4) is 11.5 Å². The number of amides is 1. The molecule has 1 fully saturated rings. The topological polar surface area (TPSA) is 89.9 Å². The standard InChI is InChI=1S/C17H18BrNO5S2/c1-24-12-8-10(7-11(18)15(12)22)9-13-16(23)19(17(25)26-13)6-4-2-3-5-14(20)21/h7-9,22H,2-6H2,1H3,(H,20,21)/p-1/b13-9-. The molecule has 2 rings (SSSR count). The quantitative estimate of drug-likeness (QED) is 0.363. The summed E-state index contributed by atoms with van der Waals surface area (Å²) in [6.45, 7) is 0.456. The van der Waals surface area contributed by atoms with Crippen LogP contribution in [0.2, 0.25) is 0 Å². The fourth-order valence-corrected chi connectivity index (χ4v) is 4.16. The van der Waals surface area contributed by atoms with Crippen molar-refractivity contribution in [2.24, 2.45) is 0 Å². The molecule has 6 nitrogen and oxygen atoms in total. The first kappa shape index (κ1) is 20.7. The zero-order chi connectivity index (χ0) is 19.3. The Morgan fingerprint density at radius 3 is 2.81 bits per heavy atom. The summed E-state index contributed by atoms with van der Waals surface area (Å²) in [6.07, 6.45) is 3.60. The van der Waals surface area contributed by atoms with Crippen molar-refractivity contribution >= 4 is 62.2 Å². The number of rotatable bonds is 8. The maximum absolute atomic E-state index is 12.6. The molecule has 26 heavy (non-hydrogen) atoms. The van der Waals surface area contributed by atoms with E-state index in [1.165, 1.54) is 23.8 Å². The number of nitrogens with zero attached hydrogens (tertiary/aromatic N) is 1. The van der Waals surface area contributed by atoms with E-state index in [0.717, 1.165) is 0 Å². The number of halogens is 1. The van der Waals surface area contributed by atoms with Gasteiger partial charge in [-0.15, -0.1) is 0 Å². The average Bonchev–Trinajstić information content (AvgIpc) is 2.84. The molecule has 0 aliphatic carbocycles. The summed E-state index contributed by atoms with van der Waals surface area (Å²) < 4.78 is 6.05. The predicted molar refractivity (Wildman–Crippen MR) is 106 cm³/mol. The van der Waals surface area contributed by atoms with E-state index in [4.69, 9.17) is 17.0 Å². The van der Waals surface area contributed by atoms with Crippen molar-refractivity contribution in [2.45, 2.75) is 25.7 Å². The molecule has 0 saturated carbocycles. The van der Waals surface area contributed by atoms with E-state index in [2.05, 4.69) is 15.9 Å². The van der Waals surface area contributed by atoms with Gasteiger partial charge >= 0.3 is 0 Å². The first-order valence-corrected chi connectivity index (χ1v) is 9.87. The number of phenols is 1. The summed E-state index contributed by atoms with van der Waals surface area (Å²) in [5.74, 6) is -0.945. The zero-order valence-electron chi connectivity index (χ0n) is 14.0. The molecule has 140 valence electrons. The molecule has 1 aromatic carbocycles. The number of aromatic hydroxyl groups is 1. The van der Waals surface area contributed by atoms with E-state index in [1.807, 2.05) is 0 Å². The third-order valence-electron chi connectivity index (χ3n) is 3.70. The lowest BCUT2D eigenvalue weighted by Gasteiger charge is -2.14. The van der Waals surface area contributed by atoms with Crippen molar-refractivity contribution in [3.63, 3.8) is 0 Å². The molecule has 1 aliphatic heterocycles. The Kier molecular flexibility index (Phi) is 7.48. The maximum atomic E-state index is 12.6. The maximum Gasteiger partial charge on any atom is 0.266 e. The molecule has 1 aromatic rings. The normalized spacial score (nSPS) is 15.8. The van der Waals surface area contributed by atoms with Crippen molar-refractivity contribution in [1.82, 2.24) is 4.90 Å². The molecular weight excluding hydrogens is 442 g/mol. The highest BCUT2D eigenvalue weighted by atomic mass is 79.9. The molecule has 0 bridgehead atoms. The molecule has 9 heteroatoms. The van der Waals surface area contributed by atoms with Gasteiger partial charge in [0, 0.05) is 12.5 Å². The minimum absolute atomic E-state index is 0.00578. The second-order valence-corrected chi connectivity index (χ2v) is 8.10. The number of ether oxygens (including phenoxy) is 1. The molecule has 1 heterocycles. The second kappa shape index (κ2) is 9.38. The SMILES string of the molecule is COc1cc(/C=C2\SC(=S)N(CCCCCC(=O)[O-])C2=O)cc(Br)c1O. The molecule has 1 aliphatic rings. The number of benzene rings is 1. The Morgan fingerprint density at radius 2 is 2.15 bits per heavy atom. The van der Waals surface area contributed by atoms with E-state index in [1.54, 1.807) is 18.2 Å². The largest absolute Gasteiger partial charge is 0.550 e. The summed E-state index contributed by atoms with van der Waals surface area (Å²) in [7, 11) is 1.45. The van der Waals surface area contributed by atoms with Gasteiger partial charge in [0.05, 0.1) is 16.5 Å². The fourth-order valence-electron chi connectivity index (χ4n) is 2.39. The third kappa shape index (κ3) is 5.21. The van der Waals surface area contributed by atoms with Gasteiger partial charge in [-0.25, -0.2) is 0 Å². The van der Waals surface area contributed by atoms with Gasteiger partial charge in [-0.3, -0.25) is 9.69 Å². The number of thiocarbonyl (C=S) groups is 1. The van der Waals surface area contributed by atoms with Gasteiger partial charge in [-0.05, 0) is 59.0 Å². The van der Waals surface area contributed by atoms with Gasteiger partial charge in [0.25, 0.3) is 5.91 Å². The fraction of sp³-hybridized carbons (Fsp3) is 0.353. The van der Waals surface area contributed by atoms with E-state index in [0.29, 0.717) is 50.8 Å². The molecule has 0 aromatic heterocycles. The van der Waals surface area contributed by atoms with Crippen LogP contribution in [0, 0.1) is 0 Å².